The minimum Gasteiger partial charge on any atom is -0.451 e. The molecule has 7 nitrogen and oxygen atoms in total. The van der Waals surface area contributed by atoms with Crippen molar-refractivity contribution in [1.82, 2.24) is 9.80 Å². The molecule has 2 aromatic rings. The zero-order chi connectivity index (χ0) is 18.3. The fourth-order valence-corrected chi connectivity index (χ4v) is 3.89. The summed E-state index contributed by atoms with van der Waals surface area (Å²) in [5, 5.41) is 11.3. The highest BCUT2D eigenvalue weighted by Crippen LogP contribution is 2.33. The molecular formula is C19H21N3O4. The highest BCUT2D eigenvalue weighted by Gasteiger charge is 2.33. The lowest BCUT2D eigenvalue weighted by Gasteiger charge is -2.30. The monoisotopic (exact) mass is 355 g/mol. The quantitative estimate of drug-likeness (QED) is 0.624. The van der Waals surface area contributed by atoms with Gasteiger partial charge in [0.1, 0.15) is 5.76 Å². The number of nitro benzene ring substituents is 1. The van der Waals surface area contributed by atoms with Crippen molar-refractivity contribution < 1.29 is 14.1 Å². The highest BCUT2D eigenvalue weighted by molar-refractivity contribution is 5.92. The van der Waals surface area contributed by atoms with Gasteiger partial charge in [0.2, 0.25) is 0 Å². The van der Waals surface area contributed by atoms with Crippen LogP contribution in [-0.2, 0) is 0 Å². The minimum absolute atomic E-state index is 0.0143. The molecule has 0 radical (unpaired) electrons. The van der Waals surface area contributed by atoms with Crippen LogP contribution in [-0.4, -0.2) is 52.9 Å². The average molecular weight is 355 g/mol. The average Bonchev–Trinajstić information content (AvgIpc) is 2.93. The van der Waals surface area contributed by atoms with E-state index in [-0.39, 0.29) is 23.4 Å². The Morgan fingerprint density at radius 3 is 2.65 bits per heavy atom. The number of nitrogens with zero attached hydrogens (tertiary/aromatic N) is 3. The Kier molecular flexibility index (Phi) is 4.24. The summed E-state index contributed by atoms with van der Waals surface area (Å²) in [5.74, 6) is 0.470. The maximum atomic E-state index is 12.9. The molecule has 7 heteroatoms. The molecular weight excluding hydrogens is 334 g/mol. The Bertz CT molecular complexity index is 852. The molecule has 5 rings (SSSR count). The predicted molar refractivity (Wildman–Crippen MR) is 96.0 cm³/mol. The molecule has 0 aliphatic carbocycles. The first-order chi connectivity index (χ1) is 12.5. The number of aryl methyl sites for hydroxylation is 1. The number of furan rings is 1. The molecule has 1 amide bonds. The van der Waals surface area contributed by atoms with E-state index in [1.807, 2.05) is 4.90 Å². The smallest absolute Gasteiger partial charge is 0.289 e. The van der Waals surface area contributed by atoms with Crippen molar-refractivity contribution in [3.05, 3.63) is 51.8 Å². The largest absolute Gasteiger partial charge is 0.451 e. The number of fused-ring (bicyclic) bond motifs is 4. The molecule has 3 aliphatic heterocycles. The lowest BCUT2D eigenvalue weighted by molar-refractivity contribution is -0.384. The van der Waals surface area contributed by atoms with Crippen molar-refractivity contribution in [2.75, 3.05) is 26.2 Å². The van der Waals surface area contributed by atoms with E-state index in [4.69, 9.17) is 4.42 Å². The second kappa shape index (κ2) is 6.57. The summed E-state index contributed by atoms with van der Waals surface area (Å²) in [7, 11) is 0. The van der Waals surface area contributed by atoms with E-state index in [1.165, 1.54) is 6.07 Å². The molecule has 0 unspecified atom stereocenters. The molecule has 2 bridgehead atoms. The van der Waals surface area contributed by atoms with Crippen molar-refractivity contribution >= 4 is 11.6 Å². The fourth-order valence-electron chi connectivity index (χ4n) is 3.89. The lowest BCUT2D eigenvalue weighted by atomic mass is 10.1. The van der Waals surface area contributed by atoms with Crippen molar-refractivity contribution in [2.24, 2.45) is 0 Å². The van der Waals surface area contributed by atoms with Gasteiger partial charge in [-0.1, -0.05) is 6.07 Å². The van der Waals surface area contributed by atoms with Gasteiger partial charge in [0.15, 0.2) is 5.76 Å². The van der Waals surface area contributed by atoms with Gasteiger partial charge in [0.05, 0.1) is 10.5 Å². The van der Waals surface area contributed by atoms with Crippen LogP contribution in [0.2, 0.25) is 0 Å². The normalized spacial score (nSPS) is 22.3. The Morgan fingerprint density at radius 1 is 1.15 bits per heavy atom. The number of rotatable bonds is 3. The summed E-state index contributed by atoms with van der Waals surface area (Å²) in [4.78, 5) is 28.1. The number of carbonyl (C=O) groups is 1. The van der Waals surface area contributed by atoms with Crippen molar-refractivity contribution in [3.63, 3.8) is 0 Å². The van der Waals surface area contributed by atoms with Crippen molar-refractivity contribution in [3.8, 4) is 11.3 Å². The van der Waals surface area contributed by atoms with E-state index in [0.29, 0.717) is 17.9 Å². The van der Waals surface area contributed by atoms with Crippen LogP contribution < -0.4 is 0 Å². The van der Waals surface area contributed by atoms with Crippen LogP contribution >= 0.6 is 0 Å². The Morgan fingerprint density at radius 2 is 1.92 bits per heavy atom. The van der Waals surface area contributed by atoms with E-state index >= 15 is 0 Å². The summed E-state index contributed by atoms with van der Waals surface area (Å²) in [5.41, 5.74) is 1.18. The van der Waals surface area contributed by atoms with Gasteiger partial charge in [0, 0.05) is 38.3 Å². The number of piperidine rings is 1. The van der Waals surface area contributed by atoms with Gasteiger partial charge in [-0.25, -0.2) is 0 Å². The van der Waals surface area contributed by atoms with Gasteiger partial charge in [-0.05, 0) is 43.5 Å². The standard InChI is InChI=1S/C19H21N3O4/c1-13-2-3-15(16(12-13)22(24)25)17-4-5-18(26-17)19(23)21-11-10-20-8-6-14(21)7-9-20/h2-5,12,14H,6-11H2,1H3. The highest BCUT2D eigenvalue weighted by atomic mass is 16.6. The van der Waals surface area contributed by atoms with Crippen LogP contribution in [0.1, 0.15) is 29.0 Å². The lowest BCUT2D eigenvalue weighted by Crippen LogP contribution is -2.41. The molecule has 0 saturated carbocycles. The topological polar surface area (TPSA) is 79.8 Å². The molecule has 3 fully saturated rings. The number of carbonyl (C=O) groups excluding carboxylic acids is 1. The first-order valence-electron chi connectivity index (χ1n) is 8.91. The van der Waals surface area contributed by atoms with Crippen molar-refractivity contribution in [1.29, 1.82) is 0 Å². The van der Waals surface area contributed by atoms with Crippen LogP contribution in [0, 0.1) is 17.0 Å². The summed E-state index contributed by atoms with van der Waals surface area (Å²) in [6.07, 6.45) is 1.98. The summed E-state index contributed by atoms with van der Waals surface area (Å²) in [6.45, 7) is 5.46. The minimum atomic E-state index is -0.422. The van der Waals surface area contributed by atoms with Crippen LogP contribution in [0.5, 0.6) is 0 Å². The van der Waals surface area contributed by atoms with Crippen LogP contribution in [0.4, 0.5) is 5.69 Å². The Balaban J connectivity index is 1.62. The van der Waals surface area contributed by atoms with Crippen LogP contribution in [0.15, 0.2) is 34.7 Å². The van der Waals surface area contributed by atoms with Gasteiger partial charge in [-0.15, -0.1) is 0 Å². The third-order valence-electron chi connectivity index (χ3n) is 5.35. The fraction of sp³-hybridized carbons (Fsp3) is 0.421. The molecule has 0 spiro atoms. The predicted octanol–water partition coefficient (Wildman–Crippen LogP) is 3.08. The van der Waals surface area contributed by atoms with Gasteiger partial charge < -0.3 is 14.2 Å². The zero-order valence-electron chi connectivity index (χ0n) is 14.7. The maximum Gasteiger partial charge on any atom is 0.289 e. The van der Waals surface area contributed by atoms with Crippen LogP contribution in [0.3, 0.4) is 0 Å². The number of hydrogen-bond acceptors (Lipinski definition) is 5. The third-order valence-corrected chi connectivity index (χ3v) is 5.35. The van der Waals surface area contributed by atoms with E-state index < -0.39 is 4.92 Å². The van der Waals surface area contributed by atoms with Gasteiger partial charge in [-0.3, -0.25) is 14.9 Å². The number of nitro groups is 1. The molecule has 4 heterocycles. The summed E-state index contributed by atoms with van der Waals surface area (Å²) < 4.78 is 5.75. The zero-order valence-corrected chi connectivity index (χ0v) is 14.7. The Labute approximate surface area is 151 Å². The van der Waals surface area contributed by atoms with Crippen molar-refractivity contribution in [2.45, 2.75) is 25.8 Å². The molecule has 3 aliphatic rings. The second-order valence-electron chi connectivity index (χ2n) is 7.01. The van der Waals surface area contributed by atoms with E-state index in [9.17, 15) is 14.9 Å². The molecule has 26 heavy (non-hydrogen) atoms. The van der Waals surface area contributed by atoms with Gasteiger partial charge in [0.25, 0.3) is 11.6 Å². The van der Waals surface area contributed by atoms with Crippen LogP contribution in [0.25, 0.3) is 11.3 Å². The molecule has 0 N–H and O–H groups in total. The third kappa shape index (κ3) is 2.99. The maximum absolute atomic E-state index is 12.9. The first-order valence-corrected chi connectivity index (χ1v) is 8.91. The molecule has 1 aromatic heterocycles. The first kappa shape index (κ1) is 16.8. The molecule has 0 atom stereocenters. The summed E-state index contributed by atoms with van der Waals surface area (Å²) in [6, 6.07) is 8.50. The van der Waals surface area contributed by atoms with E-state index in [1.54, 1.807) is 31.2 Å². The number of hydrogen-bond donors (Lipinski definition) is 0. The number of amides is 1. The van der Waals surface area contributed by atoms with E-state index in [2.05, 4.69) is 4.90 Å². The molecule has 3 saturated heterocycles. The molecule has 1 aromatic carbocycles. The van der Waals surface area contributed by atoms with Gasteiger partial charge in [-0.2, -0.15) is 0 Å². The Hall–Kier alpha value is -2.67. The number of benzene rings is 1. The molecule has 136 valence electrons. The summed E-state index contributed by atoms with van der Waals surface area (Å²) >= 11 is 0. The van der Waals surface area contributed by atoms with Gasteiger partial charge >= 0.3 is 0 Å². The SMILES string of the molecule is Cc1ccc(-c2ccc(C(=O)N3CCN4CCC3CC4)o2)c([N+](=O)[O-])c1. The second-order valence-corrected chi connectivity index (χ2v) is 7.01. The van der Waals surface area contributed by atoms with E-state index in [0.717, 1.165) is 38.0 Å².